The zero-order chi connectivity index (χ0) is 8.36. The normalized spacial score (nSPS) is 18.7. The minimum atomic E-state index is -4.06. The van der Waals surface area contributed by atoms with Gasteiger partial charge in [0.15, 0.2) is 0 Å². The van der Waals surface area contributed by atoms with Crippen LogP contribution in [0.4, 0.5) is 0 Å². The van der Waals surface area contributed by atoms with Gasteiger partial charge in [0.05, 0.1) is 0 Å². The second kappa shape index (κ2) is 5.74. The molecule has 0 aromatic heterocycles. The topological polar surface area (TPSA) is 60.4 Å². The predicted octanol–water partition coefficient (Wildman–Crippen LogP) is -2.03. The van der Waals surface area contributed by atoms with Crippen LogP contribution in [0.5, 0.6) is 0 Å². The van der Waals surface area contributed by atoms with Crippen LogP contribution < -0.4 is 34.5 Å². The van der Waals surface area contributed by atoms with Gasteiger partial charge in [0.2, 0.25) is 0 Å². The van der Waals surface area contributed by atoms with Crippen molar-refractivity contribution in [2.75, 3.05) is 0 Å². The van der Waals surface area contributed by atoms with Gasteiger partial charge in [-0.3, -0.25) is 0 Å². The summed E-state index contributed by atoms with van der Waals surface area (Å²) in [5.74, 6) is 0.310. The Morgan fingerprint density at radius 2 is 1.82 bits per heavy atom. The van der Waals surface area contributed by atoms with Crippen LogP contribution in [0, 0.1) is 5.92 Å². The molecule has 0 heterocycles. The summed E-state index contributed by atoms with van der Waals surface area (Å²) in [7, 11) is -4.06. The summed E-state index contributed by atoms with van der Waals surface area (Å²) in [6, 6.07) is 0. The monoisotopic (exact) mass is 188 g/mol. The molecule has 1 N–H and O–H groups in total. The van der Waals surface area contributed by atoms with Crippen LogP contribution in [0.2, 0.25) is 0 Å². The molecule has 0 aliphatic carbocycles. The van der Waals surface area contributed by atoms with Crippen molar-refractivity contribution in [1.29, 1.82) is 0 Å². The largest absolute Gasteiger partial charge is 1.00 e. The molecule has 0 bridgehead atoms. The molecule has 62 valence electrons. The first-order chi connectivity index (χ1) is 4.34. The van der Waals surface area contributed by atoms with Gasteiger partial charge in [-0.25, -0.2) is 0 Å². The molecule has 2 atom stereocenters. The van der Waals surface area contributed by atoms with Gasteiger partial charge in [0.25, 0.3) is 0 Å². The standard InChI is InChI=1S/C6H15O3P.Na/c1-5(2)4-6(3)10(7,8)9;/h5-6H,4H2,1-3H3,(H2,7,8,9);/q;+1/p-1. The molecular weight excluding hydrogens is 174 g/mol. The van der Waals surface area contributed by atoms with Gasteiger partial charge in [0.1, 0.15) is 7.60 Å². The molecule has 0 spiro atoms. The van der Waals surface area contributed by atoms with Gasteiger partial charge in [0, 0.05) is 5.66 Å². The summed E-state index contributed by atoms with van der Waals surface area (Å²) in [4.78, 5) is 19.0. The maximum absolute atomic E-state index is 10.5. The average molecular weight is 188 g/mol. The maximum Gasteiger partial charge on any atom is 1.00 e. The molecule has 0 amide bonds. The fourth-order valence-corrected chi connectivity index (χ4v) is 1.50. The van der Waals surface area contributed by atoms with E-state index in [1.54, 1.807) is 0 Å². The maximum atomic E-state index is 10.5. The fourth-order valence-electron chi connectivity index (χ4n) is 0.815. The molecule has 0 aliphatic heterocycles. The summed E-state index contributed by atoms with van der Waals surface area (Å²) in [5.41, 5.74) is -0.604. The summed E-state index contributed by atoms with van der Waals surface area (Å²) < 4.78 is 10.5. The molecule has 11 heavy (non-hydrogen) atoms. The number of rotatable bonds is 3. The van der Waals surface area contributed by atoms with Crippen molar-refractivity contribution in [3.63, 3.8) is 0 Å². The number of hydrogen-bond donors (Lipinski definition) is 1. The Bertz CT molecular complexity index is 143. The van der Waals surface area contributed by atoms with E-state index in [-0.39, 0.29) is 29.6 Å². The van der Waals surface area contributed by atoms with Gasteiger partial charge in [-0.1, -0.05) is 20.8 Å². The van der Waals surface area contributed by atoms with Crippen molar-refractivity contribution in [3.05, 3.63) is 0 Å². The molecule has 0 fully saturated rings. The molecule has 0 aromatic rings. The van der Waals surface area contributed by atoms with E-state index in [9.17, 15) is 9.46 Å². The Hall–Kier alpha value is 1.15. The van der Waals surface area contributed by atoms with Crippen molar-refractivity contribution in [2.45, 2.75) is 32.9 Å². The Kier molecular flexibility index (Phi) is 7.65. The van der Waals surface area contributed by atoms with Crippen LogP contribution in [-0.2, 0) is 4.57 Å². The second-order valence-electron chi connectivity index (χ2n) is 3.04. The van der Waals surface area contributed by atoms with Crippen LogP contribution in [0.25, 0.3) is 0 Å². The molecular formula is C6H14NaO3P. The predicted molar refractivity (Wildman–Crippen MR) is 38.7 cm³/mol. The summed E-state index contributed by atoms with van der Waals surface area (Å²) in [6.07, 6.45) is 0.525. The SMILES string of the molecule is CC(C)CC(C)P(=O)([O-])O.[Na+]. The summed E-state index contributed by atoms with van der Waals surface area (Å²) in [5, 5.41) is 0. The van der Waals surface area contributed by atoms with Crippen LogP contribution in [-0.4, -0.2) is 10.6 Å². The Balaban J connectivity index is 0. The van der Waals surface area contributed by atoms with Crippen molar-refractivity contribution < 1.29 is 43.9 Å². The van der Waals surface area contributed by atoms with E-state index in [1.165, 1.54) is 6.92 Å². The molecule has 0 saturated carbocycles. The Morgan fingerprint density at radius 1 is 1.45 bits per heavy atom. The molecule has 0 aliphatic rings. The van der Waals surface area contributed by atoms with Crippen LogP contribution in [0.3, 0.4) is 0 Å². The van der Waals surface area contributed by atoms with E-state index >= 15 is 0 Å². The minimum Gasteiger partial charge on any atom is -0.778 e. The van der Waals surface area contributed by atoms with Gasteiger partial charge >= 0.3 is 29.6 Å². The zero-order valence-electron chi connectivity index (χ0n) is 7.57. The van der Waals surface area contributed by atoms with Gasteiger partial charge < -0.3 is 14.4 Å². The molecule has 3 nitrogen and oxygen atoms in total. The third-order valence-electron chi connectivity index (χ3n) is 1.37. The van der Waals surface area contributed by atoms with Gasteiger partial charge in [-0.2, -0.15) is 0 Å². The number of hydrogen-bond acceptors (Lipinski definition) is 2. The third-order valence-corrected chi connectivity index (χ3v) is 2.69. The smallest absolute Gasteiger partial charge is 0.778 e. The van der Waals surface area contributed by atoms with E-state index in [0.29, 0.717) is 12.3 Å². The molecule has 2 unspecified atom stereocenters. The molecule has 0 aromatic carbocycles. The first-order valence-corrected chi connectivity index (χ1v) is 5.02. The van der Waals surface area contributed by atoms with E-state index in [2.05, 4.69) is 0 Å². The van der Waals surface area contributed by atoms with Crippen molar-refractivity contribution in [3.8, 4) is 0 Å². The molecule has 0 radical (unpaired) electrons. The van der Waals surface area contributed by atoms with Crippen molar-refractivity contribution in [1.82, 2.24) is 0 Å². The van der Waals surface area contributed by atoms with E-state index in [4.69, 9.17) is 4.89 Å². The fraction of sp³-hybridized carbons (Fsp3) is 1.00. The first kappa shape index (κ1) is 14.7. The second-order valence-corrected chi connectivity index (χ2v) is 5.05. The van der Waals surface area contributed by atoms with Crippen molar-refractivity contribution >= 4 is 7.60 Å². The first-order valence-electron chi connectivity index (χ1n) is 3.37. The van der Waals surface area contributed by atoms with E-state index in [1.807, 2.05) is 13.8 Å². The van der Waals surface area contributed by atoms with Crippen LogP contribution >= 0.6 is 7.60 Å². The molecule has 5 heteroatoms. The average Bonchev–Trinajstić information content (AvgIpc) is 1.60. The summed E-state index contributed by atoms with van der Waals surface area (Å²) in [6.45, 7) is 5.37. The zero-order valence-corrected chi connectivity index (χ0v) is 10.5. The van der Waals surface area contributed by atoms with Crippen LogP contribution in [0.15, 0.2) is 0 Å². The van der Waals surface area contributed by atoms with Crippen LogP contribution in [0.1, 0.15) is 27.2 Å². The molecule has 0 saturated heterocycles. The Labute approximate surface area is 90.0 Å². The van der Waals surface area contributed by atoms with Gasteiger partial charge in [-0.05, 0) is 12.3 Å². The quantitative estimate of drug-likeness (QED) is 0.410. The van der Waals surface area contributed by atoms with E-state index < -0.39 is 13.3 Å². The Morgan fingerprint density at radius 3 is 1.91 bits per heavy atom. The van der Waals surface area contributed by atoms with Gasteiger partial charge in [-0.15, -0.1) is 0 Å². The van der Waals surface area contributed by atoms with E-state index in [0.717, 1.165) is 0 Å². The third kappa shape index (κ3) is 7.51. The summed E-state index contributed by atoms with van der Waals surface area (Å²) >= 11 is 0. The molecule has 0 rings (SSSR count). The van der Waals surface area contributed by atoms with Crippen molar-refractivity contribution in [2.24, 2.45) is 5.92 Å². The minimum absolute atomic E-state index is 0.